The van der Waals surface area contributed by atoms with Crippen molar-refractivity contribution in [1.29, 1.82) is 0 Å². The maximum atomic E-state index is 12.7. The van der Waals surface area contributed by atoms with Crippen LogP contribution in [0.1, 0.15) is 29.4 Å². The number of amides is 1. The number of hydrogen-bond donors (Lipinski definition) is 0. The maximum absolute atomic E-state index is 12.7. The summed E-state index contributed by atoms with van der Waals surface area (Å²) in [4.78, 5) is 16.9. The highest BCUT2D eigenvalue weighted by Crippen LogP contribution is 2.37. The SMILES string of the molecule is CCn1nccc1C(=O)N1CC2(CC(N(C)Cc3ccccc3)CO2)C1. The van der Waals surface area contributed by atoms with E-state index in [1.807, 2.05) is 17.9 Å². The Balaban J connectivity index is 1.33. The molecule has 2 saturated heterocycles. The highest BCUT2D eigenvalue weighted by atomic mass is 16.5. The Morgan fingerprint density at radius 1 is 1.31 bits per heavy atom. The molecule has 1 unspecified atom stereocenters. The molecule has 138 valence electrons. The molecule has 6 heteroatoms. The molecule has 0 bridgehead atoms. The Kier molecular flexibility index (Phi) is 4.54. The highest BCUT2D eigenvalue weighted by Gasteiger charge is 2.52. The second-order valence-corrected chi connectivity index (χ2v) is 7.45. The minimum absolute atomic E-state index is 0.0552. The van der Waals surface area contributed by atoms with E-state index in [1.54, 1.807) is 16.9 Å². The van der Waals surface area contributed by atoms with E-state index in [2.05, 4.69) is 41.3 Å². The molecule has 6 nitrogen and oxygen atoms in total. The molecule has 1 amide bonds. The number of likely N-dealkylation sites (N-methyl/N-ethyl adjacent to an activating group) is 1. The maximum Gasteiger partial charge on any atom is 0.272 e. The molecule has 2 fully saturated rings. The number of carbonyl (C=O) groups is 1. The molecule has 1 atom stereocenters. The molecule has 2 aliphatic rings. The van der Waals surface area contributed by atoms with Crippen LogP contribution in [0.5, 0.6) is 0 Å². The Hall–Kier alpha value is -2.18. The van der Waals surface area contributed by atoms with Gasteiger partial charge in [-0.15, -0.1) is 0 Å². The van der Waals surface area contributed by atoms with Gasteiger partial charge in [-0.1, -0.05) is 30.3 Å². The molecule has 26 heavy (non-hydrogen) atoms. The third-order valence-electron chi connectivity index (χ3n) is 5.57. The average Bonchev–Trinajstić information content (AvgIpc) is 3.28. The molecule has 1 aromatic carbocycles. The average molecular weight is 354 g/mol. The molecule has 1 aromatic heterocycles. The van der Waals surface area contributed by atoms with Crippen LogP contribution in [0.4, 0.5) is 0 Å². The van der Waals surface area contributed by atoms with Gasteiger partial charge in [-0.2, -0.15) is 5.10 Å². The van der Waals surface area contributed by atoms with Crippen LogP contribution in [0.2, 0.25) is 0 Å². The molecule has 0 radical (unpaired) electrons. The van der Waals surface area contributed by atoms with Gasteiger partial charge in [-0.05, 0) is 32.0 Å². The summed E-state index contributed by atoms with van der Waals surface area (Å²) in [5, 5.41) is 4.19. The first kappa shape index (κ1) is 17.2. The first-order valence-corrected chi connectivity index (χ1v) is 9.29. The molecular weight excluding hydrogens is 328 g/mol. The van der Waals surface area contributed by atoms with E-state index >= 15 is 0 Å². The Morgan fingerprint density at radius 3 is 2.81 bits per heavy atom. The molecule has 0 saturated carbocycles. The summed E-state index contributed by atoms with van der Waals surface area (Å²) in [6.07, 6.45) is 2.67. The summed E-state index contributed by atoms with van der Waals surface area (Å²) < 4.78 is 7.89. The van der Waals surface area contributed by atoms with Crippen LogP contribution in [0.3, 0.4) is 0 Å². The number of hydrogen-bond acceptors (Lipinski definition) is 4. The standard InChI is InChI=1S/C20H26N4O2/c1-3-24-18(9-10-21-24)19(25)23-14-20(15-23)11-17(13-26-20)22(2)12-16-7-5-4-6-8-16/h4-10,17H,3,11-15H2,1-2H3. The van der Waals surface area contributed by atoms with Crippen molar-refractivity contribution >= 4 is 5.91 Å². The monoisotopic (exact) mass is 354 g/mol. The van der Waals surface area contributed by atoms with Gasteiger partial charge in [0.15, 0.2) is 0 Å². The molecule has 3 heterocycles. The number of nitrogens with zero attached hydrogens (tertiary/aromatic N) is 4. The van der Waals surface area contributed by atoms with Gasteiger partial charge in [0.2, 0.25) is 0 Å². The fourth-order valence-corrected chi connectivity index (χ4v) is 4.05. The summed E-state index contributed by atoms with van der Waals surface area (Å²) in [6.45, 7) is 5.71. The predicted molar refractivity (Wildman–Crippen MR) is 98.8 cm³/mol. The number of likely N-dealkylation sites (tertiary alicyclic amines) is 1. The molecule has 0 N–H and O–H groups in total. The first-order chi connectivity index (χ1) is 12.6. The van der Waals surface area contributed by atoms with Crippen molar-refractivity contribution in [1.82, 2.24) is 19.6 Å². The fraction of sp³-hybridized carbons (Fsp3) is 0.500. The largest absolute Gasteiger partial charge is 0.370 e. The van der Waals surface area contributed by atoms with Gasteiger partial charge in [-0.25, -0.2) is 0 Å². The minimum Gasteiger partial charge on any atom is -0.370 e. The zero-order chi connectivity index (χ0) is 18.1. The van der Waals surface area contributed by atoms with Crippen molar-refractivity contribution in [2.24, 2.45) is 0 Å². The predicted octanol–water partition coefficient (Wildman–Crippen LogP) is 2.02. The van der Waals surface area contributed by atoms with Gasteiger partial charge in [0.25, 0.3) is 5.91 Å². The van der Waals surface area contributed by atoms with E-state index < -0.39 is 0 Å². The van der Waals surface area contributed by atoms with Crippen molar-refractivity contribution in [2.75, 3.05) is 26.7 Å². The Morgan fingerprint density at radius 2 is 2.08 bits per heavy atom. The third kappa shape index (κ3) is 3.15. The molecule has 2 aliphatic heterocycles. The zero-order valence-corrected chi connectivity index (χ0v) is 15.5. The molecule has 4 rings (SSSR count). The third-order valence-corrected chi connectivity index (χ3v) is 5.57. The van der Waals surface area contributed by atoms with Gasteiger partial charge in [-0.3, -0.25) is 14.4 Å². The first-order valence-electron chi connectivity index (χ1n) is 9.29. The Bertz CT molecular complexity index is 767. The summed E-state index contributed by atoms with van der Waals surface area (Å²) in [5.41, 5.74) is 1.81. The Labute approximate surface area is 154 Å². The lowest BCUT2D eigenvalue weighted by Crippen LogP contribution is -2.63. The highest BCUT2D eigenvalue weighted by molar-refractivity contribution is 5.93. The number of carbonyl (C=O) groups excluding carboxylic acids is 1. The summed E-state index contributed by atoms with van der Waals surface area (Å²) >= 11 is 0. The second kappa shape index (κ2) is 6.85. The van der Waals surface area contributed by atoms with Crippen LogP contribution in [0.25, 0.3) is 0 Å². The number of aromatic nitrogens is 2. The quantitative estimate of drug-likeness (QED) is 0.824. The van der Waals surface area contributed by atoms with Crippen LogP contribution < -0.4 is 0 Å². The molecular formula is C20H26N4O2. The van der Waals surface area contributed by atoms with Crippen LogP contribution >= 0.6 is 0 Å². The lowest BCUT2D eigenvalue weighted by atomic mass is 9.88. The zero-order valence-electron chi connectivity index (χ0n) is 15.5. The lowest BCUT2D eigenvalue weighted by molar-refractivity contribution is -0.0953. The van der Waals surface area contributed by atoms with Crippen LogP contribution in [0.15, 0.2) is 42.6 Å². The van der Waals surface area contributed by atoms with Gasteiger partial charge >= 0.3 is 0 Å². The minimum atomic E-state index is -0.164. The fourth-order valence-electron chi connectivity index (χ4n) is 4.05. The van der Waals surface area contributed by atoms with E-state index in [4.69, 9.17) is 4.74 Å². The lowest BCUT2D eigenvalue weighted by Gasteiger charge is -2.47. The second-order valence-electron chi connectivity index (χ2n) is 7.45. The number of benzene rings is 1. The molecule has 2 aromatic rings. The van der Waals surface area contributed by atoms with Gasteiger partial charge in [0.05, 0.1) is 19.7 Å². The molecule has 0 aliphatic carbocycles. The van der Waals surface area contributed by atoms with E-state index in [0.717, 1.165) is 19.6 Å². The van der Waals surface area contributed by atoms with E-state index in [1.165, 1.54) is 5.56 Å². The normalized spacial score (nSPS) is 21.3. The van der Waals surface area contributed by atoms with Crippen LogP contribution in [-0.4, -0.2) is 63.9 Å². The van der Waals surface area contributed by atoms with Crippen LogP contribution in [0, 0.1) is 0 Å². The van der Waals surface area contributed by atoms with Crippen molar-refractivity contribution < 1.29 is 9.53 Å². The van der Waals surface area contributed by atoms with Gasteiger partial charge in [0.1, 0.15) is 11.3 Å². The van der Waals surface area contributed by atoms with Crippen molar-refractivity contribution in [3.63, 3.8) is 0 Å². The van der Waals surface area contributed by atoms with Gasteiger partial charge < -0.3 is 9.64 Å². The van der Waals surface area contributed by atoms with E-state index in [0.29, 0.717) is 31.4 Å². The van der Waals surface area contributed by atoms with Crippen molar-refractivity contribution in [3.05, 3.63) is 53.9 Å². The topological polar surface area (TPSA) is 50.6 Å². The molecule has 1 spiro atoms. The number of aryl methyl sites for hydroxylation is 1. The van der Waals surface area contributed by atoms with Gasteiger partial charge in [0, 0.05) is 25.3 Å². The van der Waals surface area contributed by atoms with E-state index in [9.17, 15) is 4.79 Å². The number of rotatable bonds is 5. The summed E-state index contributed by atoms with van der Waals surface area (Å²) in [7, 11) is 2.15. The van der Waals surface area contributed by atoms with Crippen molar-refractivity contribution in [2.45, 2.75) is 38.1 Å². The summed E-state index contributed by atoms with van der Waals surface area (Å²) in [6, 6.07) is 12.7. The van der Waals surface area contributed by atoms with E-state index in [-0.39, 0.29) is 11.5 Å². The smallest absolute Gasteiger partial charge is 0.272 e. The van der Waals surface area contributed by atoms with Crippen LogP contribution in [-0.2, 0) is 17.8 Å². The van der Waals surface area contributed by atoms with Crippen molar-refractivity contribution in [3.8, 4) is 0 Å². The summed E-state index contributed by atoms with van der Waals surface area (Å²) in [5.74, 6) is 0.0552. The number of ether oxygens (including phenoxy) is 1.